The van der Waals surface area contributed by atoms with E-state index in [1.165, 1.54) is 0 Å². The first-order valence-electron chi connectivity index (χ1n) is 4.10. The van der Waals surface area contributed by atoms with Gasteiger partial charge in [0, 0.05) is 26.2 Å². The molecular formula is C7H15N2O2S-. The third-order valence-electron chi connectivity index (χ3n) is 2.29. The smallest absolute Gasteiger partial charge is 0.0781 e. The van der Waals surface area contributed by atoms with E-state index in [9.17, 15) is 8.76 Å². The molecule has 0 spiro atoms. The summed E-state index contributed by atoms with van der Waals surface area (Å²) in [6.07, 6.45) is 0. The van der Waals surface area contributed by atoms with Gasteiger partial charge in [0.1, 0.15) is 0 Å². The molecule has 72 valence electrons. The fourth-order valence-corrected chi connectivity index (χ4v) is 1.70. The number of hydrogen-bond acceptors (Lipinski definition) is 4. The van der Waals surface area contributed by atoms with Gasteiger partial charge in [-0.1, -0.05) is 0 Å². The molecule has 1 rings (SSSR count). The topological polar surface area (TPSA) is 55.4 Å². The number of nitrogens with one attached hydrogen (secondary N) is 1. The predicted molar refractivity (Wildman–Crippen MR) is 47.4 cm³/mol. The highest BCUT2D eigenvalue weighted by molar-refractivity contribution is 7.80. The Morgan fingerprint density at radius 1 is 1.42 bits per heavy atom. The molecule has 1 N–H and O–H groups in total. The molecule has 0 bridgehead atoms. The van der Waals surface area contributed by atoms with Gasteiger partial charge in [-0.05, 0) is 24.9 Å². The standard InChI is InChI=1S/C7H16N2O2S/c1-7(2,12(10)11)9-5-3-8-4-6-9/h8H,3-6H2,1-2H3,(H,10,11)/p-1. The molecule has 5 heteroatoms. The molecule has 0 saturated carbocycles. The van der Waals surface area contributed by atoms with Crippen LogP contribution in [0.15, 0.2) is 0 Å². The Labute approximate surface area is 75.6 Å². The van der Waals surface area contributed by atoms with E-state index < -0.39 is 16.0 Å². The van der Waals surface area contributed by atoms with Gasteiger partial charge in [-0.15, -0.1) is 0 Å². The maximum Gasteiger partial charge on any atom is 0.0781 e. The van der Waals surface area contributed by atoms with E-state index in [2.05, 4.69) is 5.32 Å². The van der Waals surface area contributed by atoms with Crippen molar-refractivity contribution in [1.82, 2.24) is 10.2 Å². The Morgan fingerprint density at radius 3 is 2.33 bits per heavy atom. The van der Waals surface area contributed by atoms with Gasteiger partial charge in [0.15, 0.2) is 0 Å². The van der Waals surface area contributed by atoms with Crippen molar-refractivity contribution in [2.75, 3.05) is 26.2 Å². The van der Waals surface area contributed by atoms with Gasteiger partial charge in [-0.2, -0.15) is 0 Å². The number of nitrogens with zero attached hydrogens (tertiary/aromatic N) is 1. The van der Waals surface area contributed by atoms with Crippen molar-refractivity contribution in [1.29, 1.82) is 0 Å². The van der Waals surface area contributed by atoms with E-state index in [0.29, 0.717) is 0 Å². The molecule has 0 amide bonds. The molecule has 1 aliphatic rings. The second-order valence-electron chi connectivity index (χ2n) is 3.42. The minimum atomic E-state index is -2.03. The Morgan fingerprint density at radius 2 is 1.92 bits per heavy atom. The summed E-state index contributed by atoms with van der Waals surface area (Å²) in [7, 11) is 0. The molecule has 1 fully saturated rings. The average molecular weight is 191 g/mol. The molecule has 4 nitrogen and oxygen atoms in total. The molecule has 0 aromatic rings. The quantitative estimate of drug-likeness (QED) is 0.598. The third kappa shape index (κ3) is 2.04. The largest absolute Gasteiger partial charge is 0.771 e. The van der Waals surface area contributed by atoms with Crippen molar-refractivity contribution in [3.8, 4) is 0 Å². The molecule has 12 heavy (non-hydrogen) atoms. The highest BCUT2D eigenvalue weighted by Crippen LogP contribution is 2.17. The lowest BCUT2D eigenvalue weighted by atomic mass is 10.2. The molecule has 0 radical (unpaired) electrons. The fraction of sp³-hybridized carbons (Fsp3) is 1.00. The van der Waals surface area contributed by atoms with Crippen molar-refractivity contribution >= 4 is 11.1 Å². The summed E-state index contributed by atoms with van der Waals surface area (Å²) in [6, 6.07) is 0. The van der Waals surface area contributed by atoms with Crippen LogP contribution in [0.3, 0.4) is 0 Å². The van der Waals surface area contributed by atoms with Crippen molar-refractivity contribution in [3.05, 3.63) is 0 Å². The summed E-state index contributed by atoms with van der Waals surface area (Å²) in [5.41, 5.74) is 0. The number of rotatable bonds is 2. The Bertz CT molecular complexity index is 178. The van der Waals surface area contributed by atoms with Gasteiger partial charge in [0.25, 0.3) is 0 Å². The fourth-order valence-electron chi connectivity index (χ4n) is 1.31. The summed E-state index contributed by atoms with van der Waals surface area (Å²) in [5.74, 6) is 0. The first-order valence-corrected chi connectivity index (χ1v) is 5.18. The van der Waals surface area contributed by atoms with E-state index in [4.69, 9.17) is 0 Å². The summed E-state index contributed by atoms with van der Waals surface area (Å²) in [5, 5.41) is 3.18. The average Bonchev–Trinajstić information content (AvgIpc) is 2.06. The lowest BCUT2D eigenvalue weighted by molar-refractivity contribution is 0.161. The highest BCUT2D eigenvalue weighted by atomic mass is 32.2. The molecule has 0 aliphatic carbocycles. The van der Waals surface area contributed by atoms with Gasteiger partial charge in [0.2, 0.25) is 0 Å². The zero-order chi connectivity index (χ0) is 9.19. The van der Waals surface area contributed by atoms with Crippen LogP contribution < -0.4 is 5.32 Å². The van der Waals surface area contributed by atoms with Crippen LogP contribution in [0.5, 0.6) is 0 Å². The first kappa shape index (κ1) is 10.1. The molecule has 1 heterocycles. The Kier molecular flexibility index (Phi) is 3.22. The van der Waals surface area contributed by atoms with Crippen molar-refractivity contribution in [2.45, 2.75) is 18.7 Å². The Hall–Kier alpha value is 0.0300. The second-order valence-corrected chi connectivity index (χ2v) is 4.89. The van der Waals surface area contributed by atoms with Crippen molar-refractivity contribution in [3.63, 3.8) is 0 Å². The Balaban J connectivity index is 2.59. The second kappa shape index (κ2) is 3.83. The zero-order valence-corrected chi connectivity index (χ0v) is 8.32. The monoisotopic (exact) mass is 191 g/mol. The molecule has 0 aromatic carbocycles. The van der Waals surface area contributed by atoms with Crippen LogP contribution >= 0.6 is 0 Å². The maximum atomic E-state index is 10.9. The van der Waals surface area contributed by atoms with E-state index in [1.807, 2.05) is 4.90 Å². The minimum Gasteiger partial charge on any atom is -0.771 e. The summed E-state index contributed by atoms with van der Waals surface area (Å²) in [6.45, 7) is 6.84. The van der Waals surface area contributed by atoms with Gasteiger partial charge in [-0.3, -0.25) is 9.11 Å². The van der Waals surface area contributed by atoms with Crippen LogP contribution in [-0.4, -0.2) is 44.7 Å². The molecule has 1 atom stereocenters. The van der Waals surface area contributed by atoms with E-state index in [1.54, 1.807) is 13.8 Å². The van der Waals surface area contributed by atoms with Gasteiger partial charge < -0.3 is 9.87 Å². The summed E-state index contributed by atoms with van der Waals surface area (Å²) < 4.78 is 21.7. The molecular weight excluding hydrogens is 176 g/mol. The third-order valence-corrected chi connectivity index (χ3v) is 3.36. The minimum absolute atomic E-state index is 0.720. The van der Waals surface area contributed by atoms with Crippen LogP contribution in [0.1, 0.15) is 13.8 Å². The summed E-state index contributed by atoms with van der Waals surface area (Å²) in [4.78, 5) is 1.26. The van der Waals surface area contributed by atoms with Crippen LogP contribution in [0.2, 0.25) is 0 Å². The zero-order valence-electron chi connectivity index (χ0n) is 7.50. The van der Waals surface area contributed by atoms with E-state index in [0.717, 1.165) is 26.2 Å². The van der Waals surface area contributed by atoms with Crippen LogP contribution in [0.25, 0.3) is 0 Å². The van der Waals surface area contributed by atoms with Crippen LogP contribution in [0, 0.1) is 0 Å². The van der Waals surface area contributed by atoms with Gasteiger partial charge >= 0.3 is 0 Å². The number of hydrogen-bond donors (Lipinski definition) is 1. The van der Waals surface area contributed by atoms with Gasteiger partial charge in [0.05, 0.1) is 4.87 Å². The maximum absolute atomic E-state index is 10.9. The molecule has 1 saturated heterocycles. The van der Waals surface area contributed by atoms with Crippen LogP contribution in [0.4, 0.5) is 0 Å². The van der Waals surface area contributed by atoms with Crippen molar-refractivity contribution < 1.29 is 8.76 Å². The normalized spacial score (nSPS) is 23.9. The van der Waals surface area contributed by atoms with E-state index >= 15 is 0 Å². The predicted octanol–water partition coefficient (Wildman–Crippen LogP) is -0.493. The summed E-state index contributed by atoms with van der Waals surface area (Å²) >= 11 is -2.03. The molecule has 1 unspecified atom stereocenters. The highest BCUT2D eigenvalue weighted by Gasteiger charge is 2.28. The lowest BCUT2D eigenvalue weighted by Crippen LogP contribution is -2.55. The first-order chi connectivity index (χ1) is 5.55. The molecule has 1 aliphatic heterocycles. The lowest BCUT2D eigenvalue weighted by Gasteiger charge is -2.42. The van der Waals surface area contributed by atoms with Gasteiger partial charge in [-0.25, -0.2) is 0 Å². The SMILES string of the molecule is CC(C)(N1CCNCC1)S(=O)[O-]. The molecule has 0 aromatic heterocycles. The number of piperazine rings is 1. The van der Waals surface area contributed by atoms with E-state index in [-0.39, 0.29) is 0 Å². The van der Waals surface area contributed by atoms with Crippen molar-refractivity contribution in [2.24, 2.45) is 0 Å². The van der Waals surface area contributed by atoms with Crippen LogP contribution in [-0.2, 0) is 11.1 Å².